The molecular formula is C18H13N3O5. The maximum atomic E-state index is 12.7. The molecule has 1 atom stereocenters. The summed E-state index contributed by atoms with van der Waals surface area (Å²) >= 11 is 0. The summed E-state index contributed by atoms with van der Waals surface area (Å²) in [4.78, 5) is 51.3. The van der Waals surface area contributed by atoms with E-state index in [1.54, 1.807) is 11.1 Å². The second-order valence-corrected chi connectivity index (χ2v) is 6.49. The molecule has 1 aromatic rings. The highest BCUT2D eigenvalue weighted by molar-refractivity contribution is 6.28. The van der Waals surface area contributed by atoms with Gasteiger partial charge in [-0.25, -0.2) is 4.79 Å². The Hall–Kier alpha value is -3.26. The van der Waals surface area contributed by atoms with E-state index in [-0.39, 0.29) is 17.8 Å². The third kappa shape index (κ3) is 1.71. The number of amides is 4. The topological polar surface area (TPSA) is 105 Å². The van der Waals surface area contributed by atoms with Crippen molar-refractivity contribution in [3.05, 3.63) is 52.9 Å². The van der Waals surface area contributed by atoms with Crippen LogP contribution in [0.25, 0.3) is 6.08 Å². The van der Waals surface area contributed by atoms with Crippen molar-refractivity contribution in [2.45, 2.75) is 24.7 Å². The molecule has 1 unspecified atom stereocenters. The molecule has 0 saturated carbocycles. The zero-order valence-electron chi connectivity index (χ0n) is 13.4. The molecule has 0 aromatic heterocycles. The number of hydrogen-bond acceptors (Lipinski definition) is 6. The average Bonchev–Trinajstić information content (AvgIpc) is 3.02. The number of barbiturate groups is 1. The lowest BCUT2D eigenvalue weighted by molar-refractivity contribution is -0.179. The minimum atomic E-state index is -2.16. The van der Waals surface area contributed by atoms with Crippen LogP contribution in [0.15, 0.2) is 41.7 Å². The van der Waals surface area contributed by atoms with Crippen molar-refractivity contribution < 1.29 is 23.9 Å². The number of carbonyl (C=O) groups excluding carboxylic acids is 4. The quantitative estimate of drug-likeness (QED) is 0.668. The first-order valence-electron chi connectivity index (χ1n) is 8.19. The van der Waals surface area contributed by atoms with Gasteiger partial charge in [0.2, 0.25) is 0 Å². The van der Waals surface area contributed by atoms with Crippen LogP contribution >= 0.6 is 0 Å². The fourth-order valence-corrected chi connectivity index (χ4v) is 4.01. The van der Waals surface area contributed by atoms with Crippen LogP contribution in [0.4, 0.5) is 4.79 Å². The third-order valence-corrected chi connectivity index (χ3v) is 5.13. The van der Waals surface area contributed by atoms with Gasteiger partial charge in [-0.2, -0.15) is 0 Å². The number of nitrogens with one attached hydrogen (secondary N) is 2. The molecule has 1 spiro atoms. The minimum absolute atomic E-state index is 0.0141. The summed E-state index contributed by atoms with van der Waals surface area (Å²) in [5.41, 5.74) is 0.107. The summed E-state index contributed by atoms with van der Waals surface area (Å²) in [6.45, 7) is 0. The van der Waals surface area contributed by atoms with E-state index in [1.165, 1.54) is 0 Å². The molecule has 1 aliphatic carbocycles. The molecule has 26 heavy (non-hydrogen) atoms. The van der Waals surface area contributed by atoms with Crippen LogP contribution in [-0.2, 0) is 19.1 Å². The minimum Gasteiger partial charge on any atom is -0.323 e. The molecule has 0 bridgehead atoms. The molecule has 8 heteroatoms. The predicted octanol–water partition coefficient (Wildman–Crippen LogP) is 0.723. The van der Waals surface area contributed by atoms with Crippen LogP contribution < -0.4 is 10.6 Å². The monoisotopic (exact) mass is 351 g/mol. The Morgan fingerprint density at radius 2 is 1.77 bits per heavy atom. The van der Waals surface area contributed by atoms with Gasteiger partial charge in [0.1, 0.15) is 0 Å². The molecule has 3 heterocycles. The molecule has 1 saturated heterocycles. The summed E-state index contributed by atoms with van der Waals surface area (Å²) in [5.74, 6) is -2.19. The van der Waals surface area contributed by atoms with Gasteiger partial charge in [0.05, 0.1) is 5.57 Å². The number of rotatable bonds is 0. The van der Waals surface area contributed by atoms with Gasteiger partial charge < -0.3 is 9.64 Å². The molecule has 8 nitrogen and oxygen atoms in total. The molecule has 2 N–H and O–H groups in total. The number of nitrogens with zero attached hydrogens (tertiary/aromatic N) is 1. The van der Waals surface area contributed by atoms with E-state index in [2.05, 4.69) is 10.6 Å². The zero-order valence-corrected chi connectivity index (χ0v) is 13.4. The lowest BCUT2D eigenvalue weighted by Crippen LogP contribution is -2.71. The SMILES string of the molecule is O=C1NC(=O)C2(OC3c4ccccc4C=CN3C3=C2C(=O)CC3)C(=O)N1. The largest absolute Gasteiger partial charge is 0.328 e. The Morgan fingerprint density at radius 3 is 2.54 bits per heavy atom. The smallest absolute Gasteiger partial charge is 0.323 e. The number of urea groups is 1. The van der Waals surface area contributed by atoms with Crippen molar-refractivity contribution in [2.75, 3.05) is 0 Å². The molecule has 5 rings (SSSR count). The zero-order chi connectivity index (χ0) is 18.1. The number of imide groups is 2. The van der Waals surface area contributed by atoms with Crippen LogP contribution in [0.2, 0.25) is 0 Å². The first-order valence-corrected chi connectivity index (χ1v) is 8.19. The van der Waals surface area contributed by atoms with Crippen LogP contribution in [-0.4, -0.2) is 34.1 Å². The number of Topliss-reactive ketones (excluding diaryl/α,β-unsaturated/α-hetero) is 1. The number of allylic oxidation sites excluding steroid dienone is 1. The first kappa shape index (κ1) is 15.0. The van der Waals surface area contributed by atoms with Crippen molar-refractivity contribution >= 4 is 29.7 Å². The summed E-state index contributed by atoms with van der Waals surface area (Å²) in [6, 6.07) is 6.53. The van der Waals surface area contributed by atoms with E-state index in [0.29, 0.717) is 12.1 Å². The van der Waals surface area contributed by atoms with Gasteiger partial charge in [-0.05, 0) is 18.1 Å². The third-order valence-electron chi connectivity index (χ3n) is 5.13. The van der Waals surface area contributed by atoms with E-state index >= 15 is 0 Å². The van der Waals surface area contributed by atoms with Gasteiger partial charge in [0.25, 0.3) is 17.4 Å². The van der Waals surface area contributed by atoms with Crippen molar-refractivity contribution in [1.82, 2.24) is 15.5 Å². The van der Waals surface area contributed by atoms with Crippen molar-refractivity contribution in [1.29, 1.82) is 0 Å². The first-order chi connectivity index (χ1) is 12.5. The Bertz CT molecular complexity index is 957. The number of carbonyl (C=O) groups is 4. The van der Waals surface area contributed by atoms with Gasteiger partial charge >= 0.3 is 6.03 Å². The molecule has 130 valence electrons. The van der Waals surface area contributed by atoms with Crippen LogP contribution in [0.3, 0.4) is 0 Å². The number of ether oxygens (including phenoxy) is 1. The lowest BCUT2D eigenvalue weighted by Gasteiger charge is -2.47. The van der Waals surface area contributed by atoms with E-state index < -0.39 is 29.7 Å². The van der Waals surface area contributed by atoms with Gasteiger partial charge in [-0.3, -0.25) is 25.0 Å². The molecule has 4 amide bonds. The van der Waals surface area contributed by atoms with Crippen molar-refractivity contribution in [3.63, 3.8) is 0 Å². The maximum Gasteiger partial charge on any atom is 0.328 e. The predicted molar refractivity (Wildman–Crippen MR) is 86.8 cm³/mol. The summed E-state index contributed by atoms with van der Waals surface area (Å²) < 4.78 is 6.02. The van der Waals surface area contributed by atoms with Gasteiger partial charge in [-0.1, -0.05) is 24.3 Å². The van der Waals surface area contributed by atoms with Crippen molar-refractivity contribution in [2.24, 2.45) is 0 Å². The lowest BCUT2D eigenvalue weighted by atomic mass is 9.85. The van der Waals surface area contributed by atoms with E-state index in [9.17, 15) is 19.2 Å². The number of benzene rings is 1. The van der Waals surface area contributed by atoms with E-state index in [4.69, 9.17) is 4.74 Å². The number of hydrogen-bond donors (Lipinski definition) is 2. The number of ketones is 1. The Morgan fingerprint density at radius 1 is 1.04 bits per heavy atom. The summed E-state index contributed by atoms with van der Waals surface area (Å²) in [5, 5.41) is 4.13. The fourth-order valence-electron chi connectivity index (χ4n) is 4.01. The molecule has 1 fully saturated rings. The second-order valence-electron chi connectivity index (χ2n) is 6.49. The molecule has 0 radical (unpaired) electrons. The maximum absolute atomic E-state index is 12.7. The average molecular weight is 351 g/mol. The summed E-state index contributed by atoms with van der Waals surface area (Å²) in [7, 11) is 0. The molecule has 1 aromatic carbocycles. The standard InChI is InChI=1S/C18H13N3O5/c22-12-6-5-11-13(12)18(15(23)19-17(25)20-16(18)24)26-14-10-4-2-1-3-9(10)7-8-21(11)14/h1-4,7-8,14H,5-6H2,(H2,19,20,23,24,25). The second kappa shape index (κ2) is 4.89. The van der Waals surface area contributed by atoms with Gasteiger partial charge in [0.15, 0.2) is 12.0 Å². The van der Waals surface area contributed by atoms with Crippen LogP contribution in [0.5, 0.6) is 0 Å². The van der Waals surface area contributed by atoms with E-state index in [0.717, 1.165) is 11.1 Å². The highest BCUT2D eigenvalue weighted by Crippen LogP contribution is 2.49. The van der Waals surface area contributed by atoms with Gasteiger partial charge in [0, 0.05) is 23.9 Å². The molecule has 3 aliphatic heterocycles. The highest BCUT2D eigenvalue weighted by Gasteiger charge is 2.63. The summed E-state index contributed by atoms with van der Waals surface area (Å²) in [6.07, 6.45) is 3.52. The highest BCUT2D eigenvalue weighted by atomic mass is 16.5. The van der Waals surface area contributed by atoms with Gasteiger partial charge in [-0.15, -0.1) is 0 Å². The Kier molecular flexibility index (Phi) is 2.83. The molecule has 4 aliphatic rings. The Balaban J connectivity index is 1.75. The Labute approximate surface area is 147 Å². The number of fused-ring (bicyclic) bond motifs is 5. The van der Waals surface area contributed by atoms with Crippen molar-refractivity contribution in [3.8, 4) is 0 Å². The van der Waals surface area contributed by atoms with Crippen LogP contribution in [0, 0.1) is 0 Å². The molecular weight excluding hydrogens is 338 g/mol. The normalized spacial score (nSPS) is 25.7. The van der Waals surface area contributed by atoms with Crippen LogP contribution in [0.1, 0.15) is 30.2 Å². The fraction of sp³-hybridized carbons (Fsp3) is 0.222. The van der Waals surface area contributed by atoms with E-state index in [1.807, 2.05) is 30.3 Å².